The van der Waals surface area contributed by atoms with Gasteiger partial charge in [-0.1, -0.05) is 11.2 Å². The van der Waals surface area contributed by atoms with Crippen molar-refractivity contribution < 1.29 is 14.7 Å². The van der Waals surface area contributed by atoms with Crippen molar-refractivity contribution in [3.05, 3.63) is 30.1 Å². The Hall–Kier alpha value is -2.35. The van der Waals surface area contributed by atoms with Crippen molar-refractivity contribution in [1.82, 2.24) is 14.8 Å². The molecular formula is C16H25N5O3. The van der Waals surface area contributed by atoms with Gasteiger partial charge in [-0.2, -0.15) is 0 Å². The Morgan fingerprint density at radius 2 is 2.21 bits per heavy atom. The van der Waals surface area contributed by atoms with Crippen molar-refractivity contribution in [1.29, 1.82) is 0 Å². The Morgan fingerprint density at radius 3 is 2.71 bits per heavy atom. The zero-order chi connectivity index (χ0) is 17.9. The number of likely N-dealkylation sites (tertiary alicyclic amines) is 1. The Labute approximate surface area is 141 Å². The normalized spacial score (nSPS) is 17.9. The van der Waals surface area contributed by atoms with E-state index in [1.54, 1.807) is 30.4 Å². The maximum atomic E-state index is 12.1. The third kappa shape index (κ3) is 4.14. The fraction of sp³-hybridized carbons (Fsp3) is 0.562. The zero-order valence-corrected chi connectivity index (χ0v) is 14.5. The van der Waals surface area contributed by atoms with Crippen LogP contribution in [-0.2, 0) is 4.74 Å². The number of oxime groups is 1. The average molecular weight is 335 g/mol. The van der Waals surface area contributed by atoms with E-state index in [1.165, 1.54) is 0 Å². The van der Waals surface area contributed by atoms with E-state index in [2.05, 4.69) is 10.1 Å². The summed E-state index contributed by atoms with van der Waals surface area (Å²) >= 11 is 0. The zero-order valence-electron chi connectivity index (χ0n) is 14.5. The molecule has 24 heavy (non-hydrogen) atoms. The number of amidine groups is 1. The number of amides is 1. The molecule has 3 N–H and O–H groups in total. The Morgan fingerprint density at radius 1 is 1.54 bits per heavy atom. The summed E-state index contributed by atoms with van der Waals surface area (Å²) in [4.78, 5) is 19.8. The van der Waals surface area contributed by atoms with Crippen LogP contribution >= 0.6 is 0 Å². The predicted molar refractivity (Wildman–Crippen MR) is 89.7 cm³/mol. The summed E-state index contributed by atoms with van der Waals surface area (Å²) in [6.07, 6.45) is 3.00. The van der Waals surface area contributed by atoms with Crippen LogP contribution in [0.25, 0.3) is 0 Å². The standard InChI is InChI=1S/C16H25N5O3/c1-16(2,3)24-15(22)20(4)12-9-21(10-12)13(14(17)19-23)11-6-5-7-18-8-11/h5-8,12-13,23H,9-10H2,1-4H3,(H2,17,19)/t13-/m0/s1. The molecule has 1 saturated heterocycles. The first kappa shape index (κ1) is 18.0. The topological polar surface area (TPSA) is 104 Å². The molecule has 0 aliphatic carbocycles. The summed E-state index contributed by atoms with van der Waals surface area (Å²) in [6, 6.07) is 3.33. The molecule has 8 heteroatoms. The van der Waals surface area contributed by atoms with Gasteiger partial charge in [0.05, 0.1) is 12.1 Å². The summed E-state index contributed by atoms with van der Waals surface area (Å²) in [6.45, 7) is 6.71. The Balaban J connectivity index is 2.02. The minimum Gasteiger partial charge on any atom is -0.444 e. The first-order chi connectivity index (χ1) is 11.2. The van der Waals surface area contributed by atoms with Crippen molar-refractivity contribution in [2.75, 3.05) is 20.1 Å². The van der Waals surface area contributed by atoms with Crippen LogP contribution in [0, 0.1) is 0 Å². The third-order valence-corrected chi connectivity index (χ3v) is 3.88. The van der Waals surface area contributed by atoms with Crippen LogP contribution in [0.2, 0.25) is 0 Å². The lowest BCUT2D eigenvalue weighted by atomic mass is 9.99. The lowest BCUT2D eigenvalue weighted by molar-refractivity contribution is -0.00896. The van der Waals surface area contributed by atoms with Crippen molar-refractivity contribution in [3.63, 3.8) is 0 Å². The van der Waals surface area contributed by atoms with Crippen molar-refractivity contribution in [2.45, 2.75) is 38.5 Å². The molecule has 0 bridgehead atoms. The van der Waals surface area contributed by atoms with E-state index in [1.807, 2.05) is 31.7 Å². The van der Waals surface area contributed by atoms with Gasteiger partial charge in [0.15, 0.2) is 5.84 Å². The van der Waals surface area contributed by atoms with Gasteiger partial charge in [-0.25, -0.2) is 4.79 Å². The maximum absolute atomic E-state index is 12.1. The maximum Gasteiger partial charge on any atom is 0.410 e. The van der Waals surface area contributed by atoms with E-state index < -0.39 is 5.60 Å². The minimum atomic E-state index is -0.527. The van der Waals surface area contributed by atoms with Crippen LogP contribution in [0.4, 0.5) is 4.79 Å². The highest BCUT2D eigenvalue weighted by atomic mass is 16.6. The molecule has 2 heterocycles. The monoisotopic (exact) mass is 335 g/mol. The molecule has 1 fully saturated rings. The Bertz CT molecular complexity index is 593. The smallest absolute Gasteiger partial charge is 0.410 e. The second kappa shape index (κ2) is 7.04. The number of carbonyl (C=O) groups excluding carboxylic acids is 1. The van der Waals surface area contributed by atoms with Gasteiger partial charge in [-0.05, 0) is 32.4 Å². The first-order valence-corrected chi connectivity index (χ1v) is 7.80. The second-order valence-electron chi connectivity index (χ2n) is 6.91. The Kier molecular flexibility index (Phi) is 5.28. The molecular weight excluding hydrogens is 310 g/mol. The summed E-state index contributed by atoms with van der Waals surface area (Å²) in [7, 11) is 1.72. The van der Waals surface area contributed by atoms with Gasteiger partial charge < -0.3 is 20.6 Å². The molecule has 1 amide bonds. The molecule has 1 aromatic heterocycles. The number of ether oxygens (including phenoxy) is 1. The molecule has 0 spiro atoms. The predicted octanol–water partition coefficient (Wildman–Crippen LogP) is 1.42. The van der Waals surface area contributed by atoms with E-state index in [0.29, 0.717) is 13.1 Å². The minimum absolute atomic E-state index is 0.0190. The fourth-order valence-corrected chi connectivity index (χ4v) is 2.59. The van der Waals surface area contributed by atoms with E-state index in [-0.39, 0.29) is 24.0 Å². The number of nitrogens with two attached hydrogens (primary N) is 1. The van der Waals surface area contributed by atoms with Gasteiger partial charge in [0.25, 0.3) is 0 Å². The van der Waals surface area contributed by atoms with Gasteiger partial charge in [0.2, 0.25) is 0 Å². The van der Waals surface area contributed by atoms with Crippen LogP contribution in [-0.4, -0.2) is 63.7 Å². The van der Waals surface area contributed by atoms with Crippen LogP contribution in [0.1, 0.15) is 32.4 Å². The molecule has 8 nitrogen and oxygen atoms in total. The highest BCUT2D eigenvalue weighted by Gasteiger charge is 2.39. The lowest BCUT2D eigenvalue weighted by Gasteiger charge is -2.47. The number of nitrogens with zero attached hydrogens (tertiary/aromatic N) is 4. The number of likely N-dealkylation sites (N-methyl/N-ethyl adjacent to an activating group) is 1. The van der Waals surface area contributed by atoms with Gasteiger partial charge in [-0.15, -0.1) is 0 Å². The molecule has 0 aromatic carbocycles. The fourth-order valence-electron chi connectivity index (χ4n) is 2.59. The first-order valence-electron chi connectivity index (χ1n) is 7.80. The summed E-state index contributed by atoms with van der Waals surface area (Å²) in [5, 5.41) is 12.2. The SMILES string of the molecule is CN(C(=O)OC(C)(C)C)C1CN([C@H](C(N)=NO)c2cccnc2)C1. The number of carbonyl (C=O) groups is 1. The number of hydrogen-bond donors (Lipinski definition) is 2. The van der Waals surface area contributed by atoms with Crippen LogP contribution in [0.15, 0.2) is 29.7 Å². The number of rotatable bonds is 4. The molecule has 0 saturated carbocycles. The molecule has 1 aromatic rings. The highest BCUT2D eigenvalue weighted by Crippen LogP contribution is 2.28. The summed E-state index contributed by atoms with van der Waals surface area (Å²) in [5.74, 6) is 0.0985. The summed E-state index contributed by atoms with van der Waals surface area (Å²) < 4.78 is 5.38. The lowest BCUT2D eigenvalue weighted by Crippen LogP contribution is -2.62. The van der Waals surface area contributed by atoms with E-state index in [0.717, 1.165) is 5.56 Å². The van der Waals surface area contributed by atoms with Crippen LogP contribution in [0.3, 0.4) is 0 Å². The van der Waals surface area contributed by atoms with E-state index in [9.17, 15) is 4.79 Å². The average Bonchev–Trinajstić information content (AvgIpc) is 2.48. The molecule has 0 radical (unpaired) electrons. The summed E-state index contributed by atoms with van der Waals surface area (Å²) in [5.41, 5.74) is 6.16. The van der Waals surface area contributed by atoms with Gasteiger partial charge in [0.1, 0.15) is 5.60 Å². The highest BCUT2D eigenvalue weighted by molar-refractivity contribution is 5.86. The molecule has 132 valence electrons. The number of aromatic nitrogens is 1. The van der Waals surface area contributed by atoms with Gasteiger partial charge in [0, 0.05) is 32.5 Å². The van der Waals surface area contributed by atoms with Crippen molar-refractivity contribution >= 4 is 11.9 Å². The quantitative estimate of drug-likeness (QED) is 0.373. The number of pyridine rings is 1. The third-order valence-electron chi connectivity index (χ3n) is 3.88. The largest absolute Gasteiger partial charge is 0.444 e. The van der Waals surface area contributed by atoms with Crippen LogP contribution in [0.5, 0.6) is 0 Å². The van der Waals surface area contributed by atoms with Crippen molar-refractivity contribution in [2.24, 2.45) is 10.9 Å². The van der Waals surface area contributed by atoms with Gasteiger partial charge in [-0.3, -0.25) is 9.88 Å². The van der Waals surface area contributed by atoms with E-state index in [4.69, 9.17) is 15.7 Å². The van der Waals surface area contributed by atoms with Crippen molar-refractivity contribution in [3.8, 4) is 0 Å². The molecule has 0 unspecified atom stereocenters. The molecule has 2 rings (SSSR count). The second-order valence-corrected chi connectivity index (χ2v) is 6.91. The molecule has 1 aliphatic rings. The van der Waals surface area contributed by atoms with Gasteiger partial charge >= 0.3 is 6.09 Å². The molecule has 1 aliphatic heterocycles. The van der Waals surface area contributed by atoms with E-state index >= 15 is 0 Å². The number of hydrogen-bond acceptors (Lipinski definition) is 6. The molecule has 1 atom stereocenters. The van der Waals surface area contributed by atoms with Crippen LogP contribution < -0.4 is 5.73 Å².